The maximum absolute atomic E-state index is 13.2. The number of ether oxygens (including phenoxy) is 1. The summed E-state index contributed by atoms with van der Waals surface area (Å²) in [5.41, 5.74) is 2.73. The largest absolute Gasteiger partial charge is 0.494 e. The highest BCUT2D eigenvalue weighted by Crippen LogP contribution is 2.32. The number of rotatable bonds is 8. The maximum Gasteiger partial charge on any atom is 0.260 e. The molecule has 0 saturated heterocycles. The Morgan fingerprint density at radius 1 is 1.18 bits per heavy atom. The second-order valence-corrected chi connectivity index (χ2v) is 8.20. The average Bonchev–Trinajstić information content (AvgIpc) is 3.08. The second-order valence-electron chi connectivity index (χ2n) is 7.19. The zero-order chi connectivity index (χ0) is 20.1. The van der Waals surface area contributed by atoms with Crippen LogP contribution in [-0.4, -0.2) is 44.7 Å². The van der Waals surface area contributed by atoms with E-state index in [2.05, 4.69) is 14.1 Å². The molecule has 0 aliphatic rings. The summed E-state index contributed by atoms with van der Waals surface area (Å²) in [6, 6.07) is 13.6. The predicted octanol–water partition coefficient (Wildman–Crippen LogP) is 3.18. The van der Waals surface area contributed by atoms with Crippen molar-refractivity contribution in [2.75, 3.05) is 38.7 Å². The van der Waals surface area contributed by atoms with Gasteiger partial charge in [-0.15, -0.1) is 0 Å². The van der Waals surface area contributed by atoms with Crippen molar-refractivity contribution in [2.45, 2.75) is 20.3 Å². The van der Waals surface area contributed by atoms with Gasteiger partial charge in [0.05, 0.1) is 37.5 Å². The highest BCUT2D eigenvalue weighted by Gasteiger charge is 2.21. The summed E-state index contributed by atoms with van der Waals surface area (Å²) >= 11 is 1.54. The number of fused-ring (bicyclic) bond motifs is 1. The van der Waals surface area contributed by atoms with Gasteiger partial charge in [-0.3, -0.25) is 9.69 Å². The molecule has 0 aliphatic heterocycles. The number of nitrogens with one attached hydrogen (secondary N) is 1. The molecule has 1 heterocycles. The van der Waals surface area contributed by atoms with Crippen LogP contribution in [0.25, 0.3) is 10.2 Å². The Kier molecular flexibility index (Phi) is 6.65. The van der Waals surface area contributed by atoms with Crippen LogP contribution in [-0.2, 0) is 0 Å². The molecule has 0 unspecified atom stereocenters. The smallest absolute Gasteiger partial charge is 0.260 e. The number of thiazole rings is 1. The van der Waals surface area contributed by atoms with Gasteiger partial charge in [0.25, 0.3) is 5.91 Å². The minimum Gasteiger partial charge on any atom is -0.494 e. The van der Waals surface area contributed by atoms with Crippen LogP contribution in [0.5, 0.6) is 5.75 Å². The minimum atomic E-state index is -0.00200. The van der Waals surface area contributed by atoms with Crippen LogP contribution >= 0.6 is 11.3 Å². The molecule has 0 spiro atoms. The first-order chi connectivity index (χ1) is 13.5. The van der Waals surface area contributed by atoms with Crippen molar-refractivity contribution in [2.24, 2.45) is 0 Å². The number of quaternary nitrogens is 1. The minimum absolute atomic E-state index is 0.00200. The van der Waals surface area contributed by atoms with Gasteiger partial charge in [-0.05, 0) is 44.2 Å². The Labute approximate surface area is 170 Å². The molecular weight excluding hydrogens is 370 g/mol. The number of hydrogen-bond donors (Lipinski definition) is 1. The molecule has 6 heteroatoms. The quantitative estimate of drug-likeness (QED) is 0.634. The second kappa shape index (κ2) is 9.17. The Morgan fingerprint density at radius 3 is 2.61 bits per heavy atom. The first-order valence-corrected chi connectivity index (χ1v) is 10.5. The van der Waals surface area contributed by atoms with E-state index in [-0.39, 0.29) is 5.91 Å². The third-order valence-corrected chi connectivity index (χ3v) is 5.53. The summed E-state index contributed by atoms with van der Waals surface area (Å²) in [4.78, 5) is 21.2. The van der Waals surface area contributed by atoms with E-state index in [1.807, 2.05) is 61.2 Å². The van der Waals surface area contributed by atoms with Gasteiger partial charge in [-0.25, -0.2) is 4.98 Å². The molecule has 3 aromatic rings. The molecule has 0 atom stereocenters. The Hall–Kier alpha value is -2.44. The number of benzene rings is 2. The number of nitrogens with zero attached hydrogens (tertiary/aromatic N) is 2. The fraction of sp³-hybridized carbons (Fsp3) is 0.364. The lowest BCUT2D eigenvalue weighted by Gasteiger charge is -2.20. The molecule has 3 rings (SSSR count). The van der Waals surface area contributed by atoms with E-state index >= 15 is 0 Å². The normalized spacial score (nSPS) is 11.2. The molecule has 0 bridgehead atoms. The standard InChI is InChI=1S/C22H27N3O2S/c1-5-27-18-11-12-19-20(15-18)28-22(23-19)25(14-6-13-24(3)4)21(26)17-9-7-16(2)8-10-17/h7-12,15H,5-6,13-14H2,1-4H3/p+1. The number of carbonyl (C=O) groups is 1. The molecule has 0 saturated carbocycles. The summed E-state index contributed by atoms with van der Waals surface area (Å²) in [6.45, 7) is 6.27. The van der Waals surface area contributed by atoms with E-state index in [1.54, 1.807) is 0 Å². The molecule has 1 amide bonds. The molecule has 148 valence electrons. The fourth-order valence-corrected chi connectivity index (χ4v) is 4.01. The lowest BCUT2D eigenvalue weighted by Crippen LogP contribution is -3.05. The third-order valence-electron chi connectivity index (χ3n) is 4.49. The molecule has 0 fully saturated rings. The topological polar surface area (TPSA) is 46.9 Å². The van der Waals surface area contributed by atoms with E-state index in [0.717, 1.165) is 39.6 Å². The lowest BCUT2D eigenvalue weighted by atomic mass is 10.1. The monoisotopic (exact) mass is 398 g/mol. The zero-order valence-corrected chi connectivity index (χ0v) is 17.8. The Balaban J connectivity index is 1.92. The van der Waals surface area contributed by atoms with Crippen LogP contribution in [0.3, 0.4) is 0 Å². The molecule has 1 aromatic heterocycles. The SMILES string of the molecule is CCOc1ccc2nc(N(CCC[NH+](C)C)C(=O)c3ccc(C)cc3)sc2c1. The van der Waals surface area contributed by atoms with E-state index in [0.29, 0.717) is 18.7 Å². The summed E-state index contributed by atoms with van der Waals surface area (Å²) < 4.78 is 6.63. The molecular formula is C22H28N3O2S+. The van der Waals surface area contributed by atoms with E-state index in [1.165, 1.54) is 16.2 Å². The van der Waals surface area contributed by atoms with Gasteiger partial charge in [0.2, 0.25) is 0 Å². The van der Waals surface area contributed by atoms with E-state index in [9.17, 15) is 4.79 Å². The summed E-state index contributed by atoms with van der Waals surface area (Å²) in [6.07, 6.45) is 0.917. The highest BCUT2D eigenvalue weighted by atomic mass is 32.1. The van der Waals surface area contributed by atoms with Crippen LogP contribution in [0, 0.1) is 6.92 Å². The Morgan fingerprint density at radius 2 is 1.93 bits per heavy atom. The summed E-state index contributed by atoms with van der Waals surface area (Å²) in [5.74, 6) is 0.829. The lowest BCUT2D eigenvalue weighted by molar-refractivity contribution is -0.858. The van der Waals surface area contributed by atoms with Gasteiger partial charge >= 0.3 is 0 Å². The van der Waals surface area contributed by atoms with Crippen molar-refractivity contribution in [3.05, 3.63) is 53.6 Å². The van der Waals surface area contributed by atoms with Crippen LogP contribution in [0.1, 0.15) is 29.3 Å². The first kappa shape index (κ1) is 20.3. The number of anilines is 1. The van der Waals surface area contributed by atoms with E-state index in [4.69, 9.17) is 9.72 Å². The van der Waals surface area contributed by atoms with Crippen molar-refractivity contribution in [3.63, 3.8) is 0 Å². The molecule has 28 heavy (non-hydrogen) atoms. The van der Waals surface area contributed by atoms with Crippen molar-refractivity contribution >= 4 is 32.6 Å². The van der Waals surface area contributed by atoms with Gasteiger partial charge in [-0.2, -0.15) is 0 Å². The van der Waals surface area contributed by atoms with Crippen molar-refractivity contribution in [3.8, 4) is 5.75 Å². The molecule has 0 aliphatic carbocycles. The van der Waals surface area contributed by atoms with Gasteiger partial charge in [0.1, 0.15) is 5.75 Å². The number of hydrogen-bond acceptors (Lipinski definition) is 4. The van der Waals surface area contributed by atoms with Crippen molar-refractivity contribution in [1.29, 1.82) is 0 Å². The summed E-state index contributed by atoms with van der Waals surface area (Å²) in [5, 5.41) is 0.739. The van der Waals surface area contributed by atoms with Gasteiger partial charge in [0.15, 0.2) is 5.13 Å². The summed E-state index contributed by atoms with van der Waals surface area (Å²) in [7, 11) is 4.25. The number of amides is 1. The number of aromatic nitrogens is 1. The van der Waals surface area contributed by atoms with Crippen LogP contribution in [0.4, 0.5) is 5.13 Å². The van der Waals surface area contributed by atoms with Gasteiger partial charge in [-0.1, -0.05) is 29.0 Å². The van der Waals surface area contributed by atoms with Crippen LogP contribution < -0.4 is 14.5 Å². The van der Waals surface area contributed by atoms with Crippen molar-refractivity contribution < 1.29 is 14.4 Å². The van der Waals surface area contributed by atoms with Gasteiger partial charge in [0, 0.05) is 18.5 Å². The molecule has 1 N–H and O–H groups in total. The van der Waals surface area contributed by atoms with Crippen LogP contribution in [0.15, 0.2) is 42.5 Å². The predicted molar refractivity (Wildman–Crippen MR) is 116 cm³/mol. The zero-order valence-electron chi connectivity index (χ0n) is 17.0. The highest BCUT2D eigenvalue weighted by molar-refractivity contribution is 7.22. The van der Waals surface area contributed by atoms with Crippen LogP contribution in [0.2, 0.25) is 0 Å². The third kappa shape index (κ3) is 4.88. The molecule has 2 aromatic carbocycles. The number of carbonyl (C=O) groups excluding carboxylic acids is 1. The Bertz CT molecular complexity index is 935. The fourth-order valence-electron chi connectivity index (χ4n) is 2.99. The molecule has 0 radical (unpaired) electrons. The van der Waals surface area contributed by atoms with E-state index < -0.39 is 0 Å². The van der Waals surface area contributed by atoms with Crippen molar-refractivity contribution in [1.82, 2.24) is 4.98 Å². The molecule has 5 nitrogen and oxygen atoms in total. The number of aryl methyl sites for hydroxylation is 1. The van der Waals surface area contributed by atoms with Gasteiger partial charge < -0.3 is 9.64 Å². The first-order valence-electron chi connectivity index (χ1n) is 9.69. The average molecular weight is 399 g/mol. The maximum atomic E-state index is 13.2.